The normalized spacial score (nSPS) is 10.5. The molecule has 4 nitrogen and oxygen atoms in total. The molecule has 0 bridgehead atoms. The fourth-order valence-corrected chi connectivity index (χ4v) is 2.03. The third kappa shape index (κ3) is 3.27. The van der Waals surface area contributed by atoms with Gasteiger partial charge in [0.25, 0.3) is 0 Å². The van der Waals surface area contributed by atoms with Crippen molar-refractivity contribution in [3.63, 3.8) is 0 Å². The van der Waals surface area contributed by atoms with Crippen LogP contribution in [-0.4, -0.2) is 30.1 Å². The lowest BCUT2D eigenvalue weighted by Gasteiger charge is -2.15. The Kier molecular flexibility index (Phi) is 4.44. The number of benzene rings is 1. The molecule has 0 unspecified atom stereocenters. The number of anilines is 1. The molecule has 100 valence electrons. The molecule has 0 saturated carbocycles. The number of aromatic nitrogens is 2. The van der Waals surface area contributed by atoms with Crippen molar-refractivity contribution < 1.29 is 4.39 Å². The van der Waals surface area contributed by atoms with Crippen LogP contribution in [0, 0.1) is 5.82 Å². The highest BCUT2D eigenvalue weighted by Gasteiger charge is 2.08. The second-order valence-corrected chi connectivity index (χ2v) is 5.02. The molecule has 0 atom stereocenters. The van der Waals surface area contributed by atoms with Crippen molar-refractivity contribution in [2.24, 2.45) is 5.73 Å². The first-order valence-electron chi connectivity index (χ1n) is 5.80. The second kappa shape index (κ2) is 6.08. The largest absolute Gasteiger partial charge is 0.343 e. The summed E-state index contributed by atoms with van der Waals surface area (Å²) in [6.45, 7) is 1.20. The van der Waals surface area contributed by atoms with Gasteiger partial charge in [-0.3, -0.25) is 0 Å². The fraction of sp³-hybridized carbons (Fsp3) is 0.231. The molecule has 0 fully saturated rings. The number of rotatable bonds is 4. The Morgan fingerprint density at radius 2 is 2.00 bits per heavy atom. The summed E-state index contributed by atoms with van der Waals surface area (Å²) in [5.74, 6) is 0.277. The van der Waals surface area contributed by atoms with E-state index >= 15 is 0 Å². The molecule has 6 heteroatoms. The highest BCUT2D eigenvalue weighted by molar-refractivity contribution is 9.10. The Labute approximate surface area is 119 Å². The maximum Gasteiger partial charge on any atom is 0.225 e. The summed E-state index contributed by atoms with van der Waals surface area (Å²) in [5, 5.41) is 0. The zero-order valence-electron chi connectivity index (χ0n) is 10.5. The summed E-state index contributed by atoms with van der Waals surface area (Å²) in [7, 11) is 1.86. The third-order valence-corrected chi connectivity index (χ3v) is 3.18. The van der Waals surface area contributed by atoms with E-state index in [-0.39, 0.29) is 5.82 Å². The molecule has 2 rings (SSSR count). The SMILES string of the molecule is CN(CCN)c1ncc(-c2cc(Br)ccc2F)cn1. The molecule has 1 heterocycles. The second-order valence-electron chi connectivity index (χ2n) is 4.11. The number of hydrogen-bond donors (Lipinski definition) is 1. The summed E-state index contributed by atoms with van der Waals surface area (Å²) in [6, 6.07) is 4.77. The Morgan fingerprint density at radius 1 is 1.32 bits per heavy atom. The van der Waals surface area contributed by atoms with Gasteiger partial charge in [0, 0.05) is 48.1 Å². The van der Waals surface area contributed by atoms with E-state index < -0.39 is 0 Å². The first kappa shape index (κ1) is 13.9. The molecular formula is C13H14BrFN4. The smallest absolute Gasteiger partial charge is 0.225 e. The lowest BCUT2D eigenvalue weighted by atomic mass is 10.1. The molecule has 1 aromatic heterocycles. The maximum absolute atomic E-state index is 13.7. The van der Waals surface area contributed by atoms with Gasteiger partial charge in [-0.1, -0.05) is 15.9 Å². The summed E-state index contributed by atoms with van der Waals surface area (Å²) in [4.78, 5) is 10.3. The van der Waals surface area contributed by atoms with E-state index in [9.17, 15) is 4.39 Å². The number of halogens is 2. The van der Waals surface area contributed by atoms with Gasteiger partial charge in [0.15, 0.2) is 0 Å². The van der Waals surface area contributed by atoms with E-state index in [2.05, 4.69) is 25.9 Å². The molecule has 2 aromatic rings. The summed E-state index contributed by atoms with van der Waals surface area (Å²) in [5.41, 5.74) is 6.59. The van der Waals surface area contributed by atoms with Crippen molar-refractivity contribution in [3.05, 3.63) is 40.9 Å². The molecule has 0 aliphatic rings. The predicted octanol–water partition coefficient (Wildman–Crippen LogP) is 2.44. The van der Waals surface area contributed by atoms with Crippen molar-refractivity contribution in [1.82, 2.24) is 9.97 Å². The van der Waals surface area contributed by atoms with Crippen LogP contribution >= 0.6 is 15.9 Å². The van der Waals surface area contributed by atoms with E-state index in [1.807, 2.05) is 11.9 Å². The van der Waals surface area contributed by atoms with E-state index in [0.29, 0.717) is 30.2 Å². The topological polar surface area (TPSA) is 55.0 Å². The zero-order valence-corrected chi connectivity index (χ0v) is 12.1. The van der Waals surface area contributed by atoms with Gasteiger partial charge in [-0.2, -0.15) is 0 Å². The van der Waals surface area contributed by atoms with E-state index in [0.717, 1.165) is 4.47 Å². The van der Waals surface area contributed by atoms with Gasteiger partial charge in [0.05, 0.1) is 0 Å². The van der Waals surface area contributed by atoms with E-state index in [1.54, 1.807) is 24.5 Å². The minimum absolute atomic E-state index is 0.296. The molecule has 0 aliphatic heterocycles. The van der Waals surface area contributed by atoms with Crippen LogP contribution in [0.4, 0.5) is 10.3 Å². The quantitative estimate of drug-likeness (QED) is 0.938. The first-order chi connectivity index (χ1) is 9.11. The van der Waals surface area contributed by atoms with Gasteiger partial charge >= 0.3 is 0 Å². The Balaban J connectivity index is 2.29. The van der Waals surface area contributed by atoms with Gasteiger partial charge in [-0.05, 0) is 18.2 Å². The maximum atomic E-state index is 13.7. The number of nitrogens with zero attached hydrogens (tertiary/aromatic N) is 3. The van der Waals surface area contributed by atoms with Crippen LogP contribution in [0.25, 0.3) is 11.1 Å². The van der Waals surface area contributed by atoms with Gasteiger partial charge in [-0.25, -0.2) is 14.4 Å². The highest BCUT2D eigenvalue weighted by atomic mass is 79.9. The van der Waals surface area contributed by atoms with Gasteiger partial charge in [0.2, 0.25) is 5.95 Å². The summed E-state index contributed by atoms with van der Waals surface area (Å²) < 4.78 is 14.5. The van der Waals surface area contributed by atoms with E-state index in [1.165, 1.54) is 6.07 Å². The summed E-state index contributed by atoms with van der Waals surface area (Å²) in [6.07, 6.45) is 3.22. The van der Waals surface area contributed by atoms with Gasteiger partial charge in [-0.15, -0.1) is 0 Å². The van der Waals surface area contributed by atoms with Crippen LogP contribution in [0.15, 0.2) is 35.1 Å². The zero-order chi connectivity index (χ0) is 13.8. The molecule has 0 spiro atoms. The molecule has 0 radical (unpaired) electrons. The average molecular weight is 325 g/mol. The monoisotopic (exact) mass is 324 g/mol. The average Bonchev–Trinajstić information content (AvgIpc) is 2.42. The fourth-order valence-electron chi connectivity index (χ4n) is 1.67. The molecule has 0 amide bonds. The van der Waals surface area contributed by atoms with E-state index in [4.69, 9.17) is 5.73 Å². The Hall–Kier alpha value is -1.53. The minimum Gasteiger partial charge on any atom is -0.343 e. The third-order valence-electron chi connectivity index (χ3n) is 2.68. The van der Waals surface area contributed by atoms with Crippen LogP contribution in [0.2, 0.25) is 0 Å². The molecule has 0 aliphatic carbocycles. The lowest BCUT2D eigenvalue weighted by molar-refractivity contribution is 0.631. The highest BCUT2D eigenvalue weighted by Crippen LogP contribution is 2.25. The van der Waals surface area contributed by atoms with Crippen molar-refractivity contribution in [3.8, 4) is 11.1 Å². The van der Waals surface area contributed by atoms with Crippen LogP contribution in [0.5, 0.6) is 0 Å². The number of hydrogen-bond acceptors (Lipinski definition) is 4. The standard InChI is InChI=1S/C13H14BrFN4/c1-19(5-4-16)13-17-7-9(8-18-13)11-6-10(14)2-3-12(11)15/h2-3,6-8H,4-5,16H2,1H3. The van der Waals surface area contributed by atoms with Crippen LogP contribution < -0.4 is 10.6 Å². The first-order valence-corrected chi connectivity index (χ1v) is 6.60. The molecule has 19 heavy (non-hydrogen) atoms. The van der Waals surface area contributed by atoms with Crippen molar-refractivity contribution >= 4 is 21.9 Å². The number of likely N-dealkylation sites (N-methyl/N-ethyl adjacent to an activating group) is 1. The molecule has 0 saturated heterocycles. The Morgan fingerprint density at radius 3 is 2.63 bits per heavy atom. The van der Waals surface area contributed by atoms with Crippen LogP contribution in [-0.2, 0) is 0 Å². The number of nitrogens with two attached hydrogens (primary N) is 1. The lowest BCUT2D eigenvalue weighted by Crippen LogP contribution is -2.26. The van der Waals surface area contributed by atoms with Gasteiger partial charge < -0.3 is 10.6 Å². The predicted molar refractivity (Wildman–Crippen MR) is 77.5 cm³/mol. The van der Waals surface area contributed by atoms with Crippen molar-refractivity contribution in [1.29, 1.82) is 0 Å². The molecule has 2 N–H and O–H groups in total. The van der Waals surface area contributed by atoms with Gasteiger partial charge in [0.1, 0.15) is 5.82 Å². The minimum atomic E-state index is -0.296. The van der Waals surface area contributed by atoms with Crippen molar-refractivity contribution in [2.75, 3.05) is 25.0 Å². The van der Waals surface area contributed by atoms with Crippen molar-refractivity contribution in [2.45, 2.75) is 0 Å². The summed E-state index contributed by atoms with van der Waals surface area (Å²) >= 11 is 3.32. The van der Waals surface area contributed by atoms with Crippen LogP contribution in [0.1, 0.15) is 0 Å². The molecular weight excluding hydrogens is 311 g/mol. The van der Waals surface area contributed by atoms with Crippen LogP contribution in [0.3, 0.4) is 0 Å². The Bertz CT molecular complexity index is 559. The molecule has 1 aromatic carbocycles.